The molecule has 1 N–H and O–H groups in total. The van der Waals surface area contributed by atoms with Crippen LogP contribution in [-0.4, -0.2) is 24.9 Å². The number of hydrogen-bond donors (Lipinski definition) is 1. The molecule has 0 saturated carbocycles. The summed E-state index contributed by atoms with van der Waals surface area (Å²) in [7, 11) is 1.57. The van der Waals surface area contributed by atoms with Crippen molar-refractivity contribution in [1.82, 2.24) is 0 Å². The van der Waals surface area contributed by atoms with Gasteiger partial charge >= 0.3 is 0 Å². The van der Waals surface area contributed by atoms with Crippen molar-refractivity contribution in [3.63, 3.8) is 0 Å². The number of hydrogen-bond acceptors (Lipinski definition) is 3. The minimum absolute atomic E-state index is 0.158. The first-order valence-electron chi connectivity index (χ1n) is 5.44. The van der Waals surface area contributed by atoms with Crippen LogP contribution in [0, 0.1) is 0 Å². The lowest BCUT2D eigenvalue weighted by Gasteiger charge is -2.23. The van der Waals surface area contributed by atoms with Gasteiger partial charge in [0.05, 0.1) is 12.7 Å². The molecular formula is C13H20O3. The average Bonchev–Trinajstić information content (AvgIpc) is 2.17. The number of rotatable bonds is 5. The molecule has 0 fully saturated rings. The topological polar surface area (TPSA) is 38.7 Å². The van der Waals surface area contributed by atoms with Gasteiger partial charge in [0.15, 0.2) is 0 Å². The van der Waals surface area contributed by atoms with Crippen LogP contribution >= 0.6 is 0 Å². The Morgan fingerprint density at radius 1 is 1.25 bits per heavy atom. The summed E-state index contributed by atoms with van der Waals surface area (Å²) in [6.07, 6.45) is 0.158. The van der Waals surface area contributed by atoms with E-state index in [9.17, 15) is 5.11 Å². The van der Waals surface area contributed by atoms with Gasteiger partial charge in [-0.15, -0.1) is 0 Å². The largest absolute Gasteiger partial charge is 0.491 e. The molecule has 0 saturated heterocycles. The van der Waals surface area contributed by atoms with Crippen molar-refractivity contribution in [2.75, 3.05) is 13.7 Å². The lowest BCUT2D eigenvalue weighted by atomic mass is 9.97. The minimum atomic E-state index is -0.953. The van der Waals surface area contributed by atoms with Crippen LogP contribution in [0.3, 0.4) is 0 Å². The molecule has 0 spiro atoms. The van der Waals surface area contributed by atoms with E-state index in [0.717, 1.165) is 11.3 Å². The zero-order valence-corrected chi connectivity index (χ0v) is 10.4. The molecule has 1 aromatic rings. The Morgan fingerprint density at radius 2 is 1.81 bits per heavy atom. The van der Waals surface area contributed by atoms with Crippen molar-refractivity contribution in [2.45, 2.75) is 32.5 Å². The number of aliphatic hydroxyl groups is 1. The van der Waals surface area contributed by atoms with E-state index in [1.54, 1.807) is 14.0 Å². The molecule has 0 heterocycles. The third kappa shape index (κ3) is 3.51. The number of methoxy groups -OCH3 is 1. The Bertz CT molecular complexity index is 314. The third-order valence-electron chi connectivity index (χ3n) is 2.27. The van der Waals surface area contributed by atoms with E-state index < -0.39 is 5.60 Å². The van der Waals surface area contributed by atoms with Crippen LogP contribution < -0.4 is 4.74 Å². The van der Waals surface area contributed by atoms with Crippen molar-refractivity contribution in [3.8, 4) is 5.75 Å². The second-order valence-corrected chi connectivity index (χ2v) is 4.40. The molecule has 1 rings (SSSR count). The summed E-state index contributed by atoms with van der Waals surface area (Å²) >= 11 is 0. The van der Waals surface area contributed by atoms with Crippen LogP contribution in [0.25, 0.3) is 0 Å². The van der Waals surface area contributed by atoms with E-state index in [1.165, 1.54) is 0 Å². The zero-order chi connectivity index (χ0) is 12.2. The van der Waals surface area contributed by atoms with E-state index in [4.69, 9.17) is 9.47 Å². The Labute approximate surface area is 97.0 Å². The molecule has 90 valence electrons. The van der Waals surface area contributed by atoms with Gasteiger partial charge in [-0.2, -0.15) is 0 Å². The minimum Gasteiger partial charge on any atom is -0.491 e. The van der Waals surface area contributed by atoms with Gasteiger partial charge in [-0.3, -0.25) is 0 Å². The molecule has 3 nitrogen and oxygen atoms in total. The predicted octanol–water partition coefficient (Wildman–Crippen LogP) is 2.33. The summed E-state index contributed by atoms with van der Waals surface area (Å²) in [6, 6.07) is 7.44. The SMILES string of the molecule is COCC(C)(O)c1ccc(OC(C)C)cc1. The highest BCUT2D eigenvalue weighted by Crippen LogP contribution is 2.23. The predicted molar refractivity (Wildman–Crippen MR) is 63.7 cm³/mol. The third-order valence-corrected chi connectivity index (χ3v) is 2.27. The average molecular weight is 224 g/mol. The number of ether oxygens (including phenoxy) is 2. The lowest BCUT2D eigenvalue weighted by Crippen LogP contribution is -2.26. The van der Waals surface area contributed by atoms with Gasteiger partial charge < -0.3 is 14.6 Å². The van der Waals surface area contributed by atoms with Crippen molar-refractivity contribution in [3.05, 3.63) is 29.8 Å². The monoisotopic (exact) mass is 224 g/mol. The van der Waals surface area contributed by atoms with Crippen LogP contribution in [0.4, 0.5) is 0 Å². The fourth-order valence-corrected chi connectivity index (χ4v) is 1.53. The summed E-state index contributed by atoms with van der Waals surface area (Å²) in [5.41, 5.74) is -0.129. The van der Waals surface area contributed by atoms with Crippen LogP contribution in [0.5, 0.6) is 5.75 Å². The fraction of sp³-hybridized carbons (Fsp3) is 0.538. The van der Waals surface area contributed by atoms with Crippen molar-refractivity contribution < 1.29 is 14.6 Å². The molecule has 0 aromatic heterocycles. The molecule has 1 unspecified atom stereocenters. The molecule has 0 radical (unpaired) electrons. The van der Waals surface area contributed by atoms with Crippen molar-refractivity contribution in [1.29, 1.82) is 0 Å². The molecule has 16 heavy (non-hydrogen) atoms. The molecule has 1 atom stereocenters. The van der Waals surface area contributed by atoms with Crippen LogP contribution in [0.2, 0.25) is 0 Å². The molecule has 0 aliphatic carbocycles. The number of benzene rings is 1. The molecule has 0 aliphatic rings. The summed E-state index contributed by atoms with van der Waals surface area (Å²) in [5, 5.41) is 10.1. The van der Waals surface area contributed by atoms with E-state index in [-0.39, 0.29) is 12.7 Å². The molecular weight excluding hydrogens is 204 g/mol. The summed E-state index contributed by atoms with van der Waals surface area (Å²) in [6.45, 7) is 5.97. The highest BCUT2D eigenvalue weighted by Gasteiger charge is 2.22. The Kier molecular flexibility index (Phi) is 4.33. The zero-order valence-electron chi connectivity index (χ0n) is 10.4. The smallest absolute Gasteiger partial charge is 0.119 e. The standard InChI is InChI=1S/C13H20O3/c1-10(2)16-12-7-5-11(6-8-12)13(3,14)9-15-4/h5-8,10,14H,9H2,1-4H3. The first-order chi connectivity index (χ1) is 7.45. The Hall–Kier alpha value is -1.06. The van der Waals surface area contributed by atoms with Gasteiger partial charge in [-0.25, -0.2) is 0 Å². The maximum absolute atomic E-state index is 10.1. The second-order valence-electron chi connectivity index (χ2n) is 4.40. The molecule has 0 bridgehead atoms. The highest BCUT2D eigenvalue weighted by atomic mass is 16.5. The van der Waals surface area contributed by atoms with Gasteiger partial charge in [-0.05, 0) is 38.5 Å². The van der Waals surface area contributed by atoms with E-state index in [1.807, 2.05) is 38.1 Å². The maximum atomic E-state index is 10.1. The normalized spacial score (nSPS) is 14.9. The first-order valence-corrected chi connectivity index (χ1v) is 5.44. The Morgan fingerprint density at radius 3 is 2.25 bits per heavy atom. The lowest BCUT2D eigenvalue weighted by molar-refractivity contribution is -0.0208. The first kappa shape index (κ1) is 13.0. The van der Waals surface area contributed by atoms with E-state index in [2.05, 4.69) is 0 Å². The fourth-order valence-electron chi connectivity index (χ4n) is 1.53. The van der Waals surface area contributed by atoms with Crippen molar-refractivity contribution >= 4 is 0 Å². The summed E-state index contributed by atoms with van der Waals surface area (Å²) in [4.78, 5) is 0. The summed E-state index contributed by atoms with van der Waals surface area (Å²) < 4.78 is 10.5. The quantitative estimate of drug-likeness (QED) is 0.834. The molecule has 0 aliphatic heterocycles. The van der Waals surface area contributed by atoms with Crippen LogP contribution in [-0.2, 0) is 10.3 Å². The van der Waals surface area contributed by atoms with Crippen molar-refractivity contribution in [2.24, 2.45) is 0 Å². The van der Waals surface area contributed by atoms with Gasteiger partial charge in [0.1, 0.15) is 11.4 Å². The second kappa shape index (κ2) is 5.32. The van der Waals surface area contributed by atoms with Gasteiger partial charge in [-0.1, -0.05) is 12.1 Å². The Balaban J connectivity index is 2.78. The van der Waals surface area contributed by atoms with E-state index in [0.29, 0.717) is 0 Å². The van der Waals surface area contributed by atoms with Gasteiger partial charge in [0.2, 0.25) is 0 Å². The highest BCUT2D eigenvalue weighted by molar-refractivity contribution is 5.30. The van der Waals surface area contributed by atoms with Gasteiger partial charge in [0.25, 0.3) is 0 Å². The van der Waals surface area contributed by atoms with Gasteiger partial charge in [0, 0.05) is 7.11 Å². The molecule has 3 heteroatoms. The van der Waals surface area contributed by atoms with Crippen LogP contribution in [0.1, 0.15) is 26.3 Å². The summed E-state index contributed by atoms with van der Waals surface area (Å²) in [5.74, 6) is 0.812. The molecule has 1 aromatic carbocycles. The van der Waals surface area contributed by atoms with E-state index >= 15 is 0 Å². The maximum Gasteiger partial charge on any atom is 0.119 e. The van der Waals surface area contributed by atoms with Crippen LogP contribution in [0.15, 0.2) is 24.3 Å². The molecule has 0 amide bonds.